The zero-order chi connectivity index (χ0) is 14.1. The summed E-state index contributed by atoms with van der Waals surface area (Å²) >= 11 is 0. The number of carbonyl (C=O) groups is 2. The molecule has 0 aromatic rings. The van der Waals surface area contributed by atoms with Crippen LogP contribution in [0.15, 0.2) is 0 Å². The topological polar surface area (TPSA) is 61.8 Å². The van der Waals surface area contributed by atoms with Crippen molar-refractivity contribution in [2.45, 2.75) is 45.3 Å². The number of esters is 2. The second kappa shape index (κ2) is 4.88. The van der Waals surface area contributed by atoms with Gasteiger partial charge in [-0.25, -0.2) is 0 Å². The van der Waals surface area contributed by atoms with Crippen molar-refractivity contribution in [1.82, 2.24) is 0 Å². The Hall–Kier alpha value is -1.10. The molecule has 5 heteroatoms. The van der Waals surface area contributed by atoms with Crippen LogP contribution in [0.25, 0.3) is 0 Å². The maximum absolute atomic E-state index is 11.8. The second-order valence-corrected chi connectivity index (χ2v) is 5.80. The van der Waals surface area contributed by atoms with Crippen molar-refractivity contribution in [1.29, 1.82) is 0 Å². The fraction of sp³-hybridized carbons (Fsp3) is 0.846. The van der Waals surface area contributed by atoms with Gasteiger partial charge in [0.15, 0.2) is 5.92 Å². The number of ether oxygens (including phenoxy) is 3. The van der Waals surface area contributed by atoms with Crippen LogP contribution in [0.1, 0.15) is 34.1 Å². The number of hydrogen-bond donors (Lipinski definition) is 0. The number of rotatable bonds is 3. The molecule has 1 heterocycles. The Morgan fingerprint density at radius 2 is 1.56 bits per heavy atom. The molecule has 0 aromatic carbocycles. The summed E-state index contributed by atoms with van der Waals surface area (Å²) < 4.78 is 15.3. The Morgan fingerprint density at radius 1 is 1.11 bits per heavy atom. The minimum Gasteiger partial charge on any atom is -0.468 e. The van der Waals surface area contributed by atoms with Crippen molar-refractivity contribution in [2.24, 2.45) is 11.8 Å². The van der Waals surface area contributed by atoms with Gasteiger partial charge in [-0.2, -0.15) is 0 Å². The van der Waals surface area contributed by atoms with Crippen LogP contribution in [0.4, 0.5) is 0 Å². The van der Waals surface area contributed by atoms with Gasteiger partial charge in [0.25, 0.3) is 0 Å². The standard InChI is InChI=1S/C13H22O5/c1-12(2)7-8(13(3,4)18-12)9(10(14)16-5)11(15)17-6/h8-9H,7H2,1-6H3. The van der Waals surface area contributed by atoms with Gasteiger partial charge in [0.1, 0.15) is 0 Å². The van der Waals surface area contributed by atoms with Gasteiger partial charge in [0.05, 0.1) is 25.4 Å². The molecular formula is C13H22O5. The van der Waals surface area contributed by atoms with E-state index in [1.807, 2.05) is 27.7 Å². The van der Waals surface area contributed by atoms with Crippen LogP contribution in [0.3, 0.4) is 0 Å². The molecular weight excluding hydrogens is 236 g/mol. The number of methoxy groups -OCH3 is 2. The predicted molar refractivity (Wildman–Crippen MR) is 64.9 cm³/mol. The van der Waals surface area contributed by atoms with Gasteiger partial charge in [-0.3, -0.25) is 9.59 Å². The summed E-state index contributed by atoms with van der Waals surface area (Å²) in [6, 6.07) is 0. The van der Waals surface area contributed by atoms with Crippen molar-refractivity contribution in [2.75, 3.05) is 14.2 Å². The largest absolute Gasteiger partial charge is 0.468 e. The Balaban J connectivity index is 3.06. The molecule has 0 spiro atoms. The van der Waals surface area contributed by atoms with E-state index in [0.29, 0.717) is 6.42 Å². The van der Waals surface area contributed by atoms with Crippen LogP contribution < -0.4 is 0 Å². The lowest BCUT2D eigenvalue weighted by atomic mass is 9.77. The van der Waals surface area contributed by atoms with Crippen molar-refractivity contribution in [3.63, 3.8) is 0 Å². The van der Waals surface area contributed by atoms with E-state index in [2.05, 4.69) is 0 Å². The van der Waals surface area contributed by atoms with Crippen LogP contribution in [-0.2, 0) is 23.8 Å². The van der Waals surface area contributed by atoms with E-state index in [1.165, 1.54) is 14.2 Å². The highest BCUT2D eigenvalue weighted by molar-refractivity contribution is 5.95. The number of carbonyl (C=O) groups excluding carboxylic acids is 2. The third kappa shape index (κ3) is 2.83. The molecule has 18 heavy (non-hydrogen) atoms. The maximum atomic E-state index is 11.8. The van der Waals surface area contributed by atoms with Gasteiger partial charge in [-0.05, 0) is 34.1 Å². The molecule has 0 N–H and O–H groups in total. The monoisotopic (exact) mass is 258 g/mol. The molecule has 0 saturated carbocycles. The van der Waals surface area contributed by atoms with E-state index in [9.17, 15) is 9.59 Å². The van der Waals surface area contributed by atoms with E-state index >= 15 is 0 Å². The van der Waals surface area contributed by atoms with E-state index < -0.39 is 23.5 Å². The zero-order valence-electron chi connectivity index (χ0n) is 11.9. The molecule has 1 unspecified atom stereocenters. The maximum Gasteiger partial charge on any atom is 0.320 e. The lowest BCUT2D eigenvalue weighted by Crippen LogP contribution is -2.41. The van der Waals surface area contributed by atoms with Crippen molar-refractivity contribution >= 4 is 11.9 Å². The quantitative estimate of drug-likeness (QED) is 0.567. The first-order valence-corrected chi connectivity index (χ1v) is 6.00. The second-order valence-electron chi connectivity index (χ2n) is 5.80. The average Bonchev–Trinajstić information content (AvgIpc) is 2.46. The highest BCUT2D eigenvalue weighted by Gasteiger charge is 2.54. The third-order valence-corrected chi connectivity index (χ3v) is 3.46. The molecule has 5 nitrogen and oxygen atoms in total. The fourth-order valence-electron chi connectivity index (χ4n) is 2.80. The smallest absolute Gasteiger partial charge is 0.320 e. The molecule has 1 fully saturated rings. The molecule has 0 aliphatic carbocycles. The summed E-state index contributed by atoms with van der Waals surface area (Å²) in [5, 5.41) is 0. The third-order valence-electron chi connectivity index (χ3n) is 3.46. The molecule has 1 saturated heterocycles. The summed E-state index contributed by atoms with van der Waals surface area (Å²) in [5.41, 5.74) is -0.939. The Morgan fingerprint density at radius 3 is 1.83 bits per heavy atom. The molecule has 1 aliphatic heterocycles. The lowest BCUT2D eigenvalue weighted by molar-refractivity contribution is -0.165. The Kier molecular flexibility index (Phi) is 4.05. The minimum absolute atomic E-state index is 0.257. The van der Waals surface area contributed by atoms with E-state index in [0.717, 1.165) is 0 Å². The van der Waals surface area contributed by atoms with Gasteiger partial charge >= 0.3 is 11.9 Å². The molecule has 1 rings (SSSR count). The molecule has 104 valence electrons. The van der Waals surface area contributed by atoms with Crippen molar-refractivity contribution < 1.29 is 23.8 Å². The SMILES string of the molecule is COC(=O)C(C(=O)OC)C1CC(C)(C)OC1(C)C. The van der Waals surface area contributed by atoms with Crippen molar-refractivity contribution in [3.05, 3.63) is 0 Å². The van der Waals surface area contributed by atoms with Crippen LogP contribution in [-0.4, -0.2) is 37.4 Å². The van der Waals surface area contributed by atoms with Crippen LogP contribution in [0, 0.1) is 11.8 Å². The molecule has 0 bridgehead atoms. The first-order valence-electron chi connectivity index (χ1n) is 6.00. The summed E-state index contributed by atoms with van der Waals surface area (Å²) in [6.07, 6.45) is 0.606. The fourth-order valence-corrected chi connectivity index (χ4v) is 2.80. The van der Waals surface area contributed by atoms with Crippen molar-refractivity contribution in [3.8, 4) is 0 Å². The van der Waals surface area contributed by atoms with Crippen LogP contribution in [0.2, 0.25) is 0 Å². The highest BCUT2D eigenvalue weighted by atomic mass is 16.5. The van der Waals surface area contributed by atoms with E-state index in [1.54, 1.807) is 0 Å². The van der Waals surface area contributed by atoms with Gasteiger partial charge < -0.3 is 14.2 Å². The summed E-state index contributed by atoms with van der Waals surface area (Å²) in [5.74, 6) is -2.33. The first-order chi connectivity index (χ1) is 8.14. The van der Waals surface area contributed by atoms with Crippen LogP contribution in [0.5, 0.6) is 0 Å². The van der Waals surface area contributed by atoms with E-state index in [-0.39, 0.29) is 11.5 Å². The zero-order valence-corrected chi connectivity index (χ0v) is 11.9. The van der Waals surface area contributed by atoms with Gasteiger partial charge in [-0.1, -0.05) is 0 Å². The molecule has 0 amide bonds. The van der Waals surface area contributed by atoms with Gasteiger partial charge in [0, 0.05) is 5.92 Å². The Labute approximate surface area is 108 Å². The lowest BCUT2D eigenvalue weighted by Gasteiger charge is -2.30. The normalized spacial score (nSPS) is 24.9. The van der Waals surface area contributed by atoms with Gasteiger partial charge in [-0.15, -0.1) is 0 Å². The average molecular weight is 258 g/mol. The first kappa shape index (κ1) is 15.0. The highest BCUT2D eigenvalue weighted by Crippen LogP contribution is 2.46. The molecule has 0 radical (unpaired) electrons. The summed E-state index contributed by atoms with van der Waals surface area (Å²) in [4.78, 5) is 23.6. The van der Waals surface area contributed by atoms with E-state index in [4.69, 9.17) is 14.2 Å². The Bertz CT molecular complexity index is 329. The molecule has 0 aromatic heterocycles. The van der Waals surface area contributed by atoms with Crippen LogP contribution >= 0.6 is 0 Å². The minimum atomic E-state index is -0.934. The molecule has 1 atom stereocenters. The summed E-state index contributed by atoms with van der Waals surface area (Å²) in [7, 11) is 2.54. The predicted octanol–water partition coefficient (Wildman–Crippen LogP) is 1.54. The molecule has 1 aliphatic rings. The number of hydrogen-bond acceptors (Lipinski definition) is 5. The van der Waals surface area contributed by atoms with Gasteiger partial charge in [0.2, 0.25) is 0 Å². The summed E-state index contributed by atoms with van der Waals surface area (Å²) in [6.45, 7) is 7.65.